The van der Waals surface area contributed by atoms with Crippen molar-refractivity contribution in [3.8, 4) is 0 Å². The Morgan fingerprint density at radius 1 is 0.946 bits per heavy atom. The van der Waals surface area contributed by atoms with Crippen LogP contribution < -0.4 is 5.32 Å². The zero-order valence-corrected chi connectivity index (χ0v) is 22.9. The van der Waals surface area contributed by atoms with Gasteiger partial charge in [0.05, 0.1) is 5.75 Å². The predicted octanol–water partition coefficient (Wildman–Crippen LogP) is 6.83. The summed E-state index contributed by atoms with van der Waals surface area (Å²) in [7, 11) is 0. The van der Waals surface area contributed by atoms with E-state index < -0.39 is 6.04 Å². The number of aryl methyl sites for hydroxylation is 1. The second kappa shape index (κ2) is 13.7. The van der Waals surface area contributed by atoms with Crippen molar-refractivity contribution in [1.29, 1.82) is 0 Å². The molecule has 0 heterocycles. The summed E-state index contributed by atoms with van der Waals surface area (Å²) in [6.45, 7) is 2.43. The van der Waals surface area contributed by atoms with Gasteiger partial charge in [0.1, 0.15) is 6.04 Å². The SMILES string of the molecule is Cc1cccc(CN(C(=O)CSc2ccc(Cl)cc2)C(Cc2ccccc2)C(=O)NC2CCCCC2)c1. The number of amides is 2. The summed E-state index contributed by atoms with van der Waals surface area (Å²) < 4.78 is 0. The Balaban J connectivity index is 1.60. The van der Waals surface area contributed by atoms with E-state index in [-0.39, 0.29) is 23.6 Å². The Bertz CT molecular complexity index is 1160. The van der Waals surface area contributed by atoms with Crippen molar-refractivity contribution in [2.45, 2.75) is 69.0 Å². The Hall–Kier alpha value is -2.76. The fraction of sp³-hybridized carbons (Fsp3) is 0.355. The second-order valence-electron chi connectivity index (χ2n) is 9.80. The van der Waals surface area contributed by atoms with Crippen LogP contribution in [0.25, 0.3) is 0 Å². The van der Waals surface area contributed by atoms with Crippen LogP contribution in [0.5, 0.6) is 0 Å². The average molecular weight is 535 g/mol. The molecule has 4 rings (SSSR count). The molecule has 0 aromatic heterocycles. The van der Waals surface area contributed by atoms with Crippen LogP contribution in [0, 0.1) is 6.92 Å². The standard InChI is InChI=1S/C31H35ClN2O2S/c1-23-9-8-12-25(19-23)21-34(30(35)22-37-28-17-15-26(32)16-18-28)29(20-24-10-4-2-5-11-24)31(36)33-27-13-6-3-7-14-27/h2,4-5,8-12,15-19,27,29H,3,6-7,13-14,20-22H2,1H3,(H,33,36). The number of rotatable bonds is 10. The zero-order valence-electron chi connectivity index (χ0n) is 21.4. The third-order valence-corrected chi connectivity index (χ3v) is 8.08. The lowest BCUT2D eigenvalue weighted by Gasteiger charge is -2.33. The molecule has 0 bridgehead atoms. The van der Waals surface area contributed by atoms with Gasteiger partial charge >= 0.3 is 0 Å². The number of benzene rings is 3. The van der Waals surface area contributed by atoms with Crippen molar-refractivity contribution in [2.24, 2.45) is 0 Å². The molecule has 2 amide bonds. The molecule has 1 aliphatic carbocycles. The first-order valence-electron chi connectivity index (χ1n) is 13.1. The van der Waals surface area contributed by atoms with Crippen LogP contribution in [-0.4, -0.2) is 34.6 Å². The van der Waals surface area contributed by atoms with Crippen LogP contribution >= 0.6 is 23.4 Å². The summed E-state index contributed by atoms with van der Waals surface area (Å²) in [5, 5.41) is 3.96. The average Bonchev–Trinajstić information content (AvgIpc) is 2.91. The fourth-order valence-electron chi connectivity index (χ4n) is 4.86. The van der Waals surface area contributed by atoms with Gasteiger partial charge in [-0.1, -0.05) is 91.0 Å². The zero-order chi connectivity index (χ0) is 26.0. The number of carbonyl (C=O) groups is 2. The largest absolute Gasteiger partial charge is 0.352 e. The van der Waals surface area contributed by atoms with Crippen LogP contribution in [-0.2, 0) is 22.6 Å². The summed E-state index contributed by atoms with van der Waals surface area (Å²) in [6.07, 6.45) is 5.97. The van der Waals surface area contributed by atoms with Crippen LogP contribution in [0.15, 0.2) is 83.8 Å². The van der Waals surface area contributed by atoms with Gasteiger partial charge < -0.3 is 10.2 Å². The number of carbonyl (C=O) groups excluding carboxylic acids is 2. The maximum absolute atomic E-state index is 13.8. The molecule has 6 heteroatoms. The van der Waals surface area contributed by atoms with Crippen LogP contribution in [0.1, 0.15) is 48.8 Å². The number of hydrogen-bond donors (Lipinski definition) is 1. The lowest BCUT2D eigenvalue weighted by molar-refractivity contribution is -0.139. The Labute approximate surface area is 229 Å². The van der Waals surface area contributed by atoms with Crippen molar-refractivity contribution in [3.63, 3.8) is 0 Å². The number of thioether (sulfide) groups is 1. The molecule has 0 radical (unpaired) electrons. The third kappa shape index (κ3) is 8.37. The second-order valence-corrected chi connectivity index (χ2v) is 11.3. The van der Waals surface area contributed by atoms with Crippen molar-refractivity contribution in [3.05, 3.63) is 101 Å². The van der Waals surface area contributed by atoms with Gasteiger partial charge in [-0.3, -0.25) is 9.59 Å². The first-order chi connectivity index (χ1) is 18.0. The summed E-state index contributed by atoms with van der Waals surface area (Å²) in [4.78, 5) is 30.4. The van der Waals surface area contributed by atoms with Crippen molar-refractivity contribution in [1.82, 2.24) is 10.2 Å². The molecule has 1 fully saturated rings. The molecule has 0 aliphatic heterocycles. The summed E-state index contributed by atoms with van der Waals surface area (Å²) >= 11 is 7.50. The van der Waals surface area contributed by atoms with Crippen LogP contribution in [0.3, 0.4) is 0 Å². The molecule has 3 aromatic rings. The summed E-state index contributed by atoms with van der Waals surface area (Å²) in [6, 6.07) is 25.2. The van der Waals surface area contributed by atoms with E-state index in [0.717, 1.165) is 47.3 Å². The predicted molar refractivity (Wildman–Crippen MR) is 153 cm³/mol. The number of nitrogens with one attached hydrogen (secondary N) is 1. The third-order valence-electron chi connectivity index (χ3n) is 6.83. The quantitative estimate of drug-likeness (QED) is 0.290. The smallest absolute Gasteiger partial charge is 0.243 e. The van der Waals surface area contributed by atoms with Crippen LogP contribution in [0.2, 0.25) is 5.02 Å². The van der Waals surface area contributed by atoms with E-state index >= 15 is 0 Å². The first-order valence-corrected chi connectivity index (χ1v) is 14.4. The Kier molecular flexibility index (Phi) is 10.1. The van der Waals surface area contributed by atoms with E-state index in [1.165, 1.54) is 18.2 Å². The monoisotopic (exact) mass is 534 g/mol. The van der Waals surface area contributed by atoms with E-state index in [1.807, 2.05) is 79.7 Å². The summed E-state index contributed by atoms with van der Waals surface area (Å²) in [5.41, 5.74) is 3.19. The van der Waals surface area contributed by atoms with Crippen molar-refractivity contribution >= 4 is 35.2 Å². The molecule has 0 saturated heterocycles. The van der Waals surface area contributed by atoms with Gasteiger partial charge in [0, 0.05) is 28.9 Å². The molecule has 1 unspecified atom stereocenters. The number of hydrogen-bond acceptors (Lipinski definition) is 3. The molecule has 3 aromatic carbocycles. The van der Waals surface area contributed by atoms with Gasteiger partial charge in [-0.15, -0.1) is 11.8 Å². The van der Waals surface area contributed by atoms with E-state index in [1.54, 1.807) is 4.90 Å². The maximum atomic E-state index is 13.8. The van der Waals surface area contributed by atoms with Crippen molar-refractivity contribution < 1.29 is 9.59 Å². The molecule has 1 saturated carbocycles. The normalized spacial score (nSPS) is 14.6. The van der Waals surface area contributed by atoms with E-state index in [2.05, 4.69) is 11.4 Å². The van der Waals surface area contributed by atoms with Gasteiger partial charge in [0.2, 0.25) is 11.8 Å². The van der Waals surface area contributed by atoms with Crippen molar-refractivity contribution in [2.75, 3.05) is 5.75 Å². The molecular formula is C31H35ClN2O2S. The van der Waals surface area contributed by atoms with Gasteiger partial charge in [-0.2, -0.15) is 0 Å². The molecule has 37 heavy (non-hydrogen) atoms. The minimum absolute atomic E-state index is 0.0545. The highest BCUT2D eigenvalue weighted by Crippen LogP contribution is 2.24. The minimum atomic E-state index is -0.594. The van der Waals surface area contributed by atoms with Gasteiger partial charge in [-0.25, -0.2) is 0 Å². The molecule has 1 aliphatic rings. The molecule has 1 atom stereocenters. The summed E-state index contributed by atoms with van der Waals surface area (Å²) in [5.74, 6) is 0.129. The van der Waals surface area contributed by atoms with Gasteiger partial charge in [-0.05, 0) is 55.2 Å². The highest BCUT2D eigenvalue weighted by atomic mass is 35.5. The number of halogens is 1. The topological polar surface area (TPSA) is 49.4 Å². The fourth-order valence-corrected chi connectivity index (χ4v) is 5.77. The highest BCUT2D eigenvalue weighted by Gasteiger charge is 2.32. The van der Waals surface area contributed by atoms with Gasteiger partial charge in [0.25, 0.3) is 0 Å². The molecule has 4 nitrogen and oxygen atoms in total. The number of nitrogens with zero attached hydrogens (tertiary/aromatic N) is 1. The lowest BCUT2D eigenvalue weighted by atomic mass is 9.94. The van der Waals surface area contributed by atoms with Gasteiger partial charge in [0.15, 0.2) is 0 Å². The lowest BCUT2D eigenvalue weighted by Crippen LogP contribution is -2.53. The van der Waals surface area contributed by atoms with E-state index in [0.29, 0.717) is 18.0 Å². The Morgan fingerprint density at radius 2 is 1.65 bits per heavy atom. The molecule has 194 valence electrons. The van der Waals surface area contributed by atoms with E-state index in [4.69, 9.17) is 11.6 Å². The molecule has 0 spiro atoms. The molecular weight excluding hydrogens is 500 g/mol. The van der Waals surface area contributed by atoms with E-state index in [9.17, 15) is 9.59 Å². The molecule has 1 N–H and O–H groups in total. The maximum Gasteiger partial charge on any atom is 0.243 e. The first kappa shape index (κ1) is 27.3. The van der Waals surface area contributed by atoms with Crippen LogP contribution in [0.4, 0.5) is 0 Å². The Morgan fingerprint density at radius 3 is 2.35 bits per heavy atom. The minimum Gasteiger partial charge on any atom is -0.352 e. The highest BCUT2D eigenvalue weighted by molar-refractivity contribution is 8.00.